The van der Waals surface area contributed by atoms with Crippen LogP contribution in [0.2, 0.25) is 0 Å². The Bertz CT molecular complexity index is 560. The van der Waals surface area contributed by atoms with Crippen molar-refractivity contribution in [1.82, 2.24) is 4.98 Å². The highest BCUT2D eigenvalue weighted by atomic mass is 32.1. The third kappa shape index (κ3) is 3.39. The molecule has 0 aliphatic rings. The molecule has 1 aromatic heterocycles. The average molecular weight is 275 g/mol. The van der Waals surface area contributed by atoms with Crippen LogP contribution in [0.25, 0.3) is 0 Å². The first-order valence-electron chi connectivity index (χ1n) is 6.16. The van der Waals surface area contributed by atoms with Gasteiger partial charge in [-0.3, -0.25) is 10.1 Å². The summed E-state index contributed by atoms with van der Waals surface area (Å²) in [7, 11) is 0. The minimum atomic E-state index is -0.145. The zero-order valence-electron chi connectivity index (χ0n) is 11.0. The minimum Gasteiger partial charge on any atom is -0.326 e. The number of nitrogens with zero attached hydrogens (tertiary/aromatic N) is 1. The highest BCUT2D eigenvalue weighted by molar-refractivity contribution is 7.15. The van der Waals surface area contributed by atoms with Crippen molar-refractivity contribution in [2.75, 3.05) is 5.32 Å². The summed E-state index contributed by atoms with van der Waals surface area (Å²) in [5, 5.41) is 3.44. The van der Waals surface area contributed by atoms with Crippen LogP contribution in [0.3, 0.4) is 0 Å². The topological polar surface area (TPSA) is 68.0 Å². The van der Waals surface area contributed by atoms with E-state index < -0.39 is 0 Å². The first-order chi connectivity index (χ1) is 9.10. The van der Waals surface area contributed by atoms with Gasteiger partial charge in [-0.2, -0.15) is 0 Å². The largest absolute Gasteiger partial charge is 0.326 e. The summed E-state index contributed by atoms with van der Waals surface area (Å²) in [6, 6.07) is 7.26. The first-order valence-corrected chi connectivity index (χ1v) is 6.98. The zero-order valence-corrected chi connectivity index (χ0v) is 11.8. The normalized spacial score (nSPS) is 10.7. The lowest BCUT2D eigenvalue weighted by atomic mass is 10.1. The van der Waals surface area contributed by atoms with Crippen LogP contribution in [0.15, 0.2) is 30.5 Å². The number of hydrogen-bond acceptors (Lipinski definition) is 4. The first kappa shape index (κ1) is 13.7. The van der Waals surface area contributed by atoms with Crippen LogP contribution in [0, 0.1) is 0 Å². The van der Waals surface area contributed by atoms with E-state index in [9.17, 15) is 4.79 Å². The van der Waals surface area contributed by atoms with E-state index in [0.29, 0.717) is 23.2 Å². The Kier molecular flexibility index (Phi) is 4.29. The van der Waals surface area contributed by atoms with E-state index in [1.807, 2.05) is 18.3 Å². The molecule has 1 amide bonds. The molecule has 2 aromatic rings. The third-order valence-electron chi connectivity index (χ3n) is 2.76. The number of amides is 1. The Morgan fingerprint density at radius 3 is 2.58 bits per heavy atom. The summed E-state index contributed by atoms with van der Waals surface area (Å²) < 4.78 is 0. The molecule has 19 heavy (non-hydrogen) atoms. The quantitative estimate of drug-likeness (QED) is 0.901. The molecule has 0 aliphatic carbocycles. The predicted octanol–water partition coefficient (Wildman–Crippen LogP) is 2.98. The Labute approximate surface area is 116 Å². The number of hydrogen-bond donors (Lipinski definition) is 2. The molecule has 0 unspecified atom stereocenters. The van der Waals surface area contributed by atoms with E-state index in [0.717, 1.165) is 10.4 Å². The van der Waals surface area contributed by atoms with Crippen molar-refractivity contribution in [2.45, 2.75) is 26.3 Å². The Morgan fingerprint density at radius 2 is 2.05 bits per heavy atom. The molecule has 1 aromatic carbocycles. The van der Waals surface area contributed by atoms with Gasteiger partial charge >= 0.3 is 0 Å². The van der Waals surface area contributed by atoms with Crippen LogP contribution in [0.4, 0.5) is 5.13 Å². The van der Waals surface area contributed by atoms with Crippen molar-refractivity contribution in [3.63, 3.8) is 0 Å². The molecule has 1 heterocycles. The Balaban J connectivity index is 2.06. The van der Waals surface area contributed by atoms with E-state index in [2.05, 4.69) is 24.1 Å². The van der Waals surface area contributed by atoms with Crippen molar-refractivity contribution >= 4 is 22.4 Å². The summed E-state index contributed by atoms with van der Waals surface area (Å²) in [6.45, 7) is 4.68. The van der Waals surface area contributed by atoms with Gasteiger partial charge in [0, 0.05) is 23.2 Å². The molecule has 100 valence electrons. The second-order valence-corrected chi connectivity index (χ2v) is 5.64. The van der Waals surface area contributed by atoms with Gasteiger partial charge in [-0.25, -0.2) is 4.98 Å². The van der Waals surface area contributed by atoms with Gasteiger partial charge in [0.05, 0.1) is 0 Å². The molecule has 0 bridgehead atoms. The van der Waals surface area contributed by atoms with Gasteiger partial charge in [-0.15, -0.1) is 11.3 Å². The standard InChI is InChI=1S/C14H17N3OS/c1-9(2)12-8-16-14(19-12)17-13(18)11-5-3-10(7-15)4-6-11/h3-6,8-9H,7,15H2,1-2H3,(H,16,17,18). The summed E-state index contributed by atoms with van der Waals surface area (Å²) in [4.78, 5) is 17.4. The number of nitrogens with two attached hydrogens (primary N) is 1. The molecule has 0 radical (unpaired) electrons. The molecule has 0 aliphatic heterocycles. The maximum absolute atomic E-state index is 12.0. The van der Waals surface area contributed by atoms with Crippen LogP contribution in [0.5, 0.6) is 0 Å². The summed E-state index contributed by atoms with van der Waals surface area (Å²) in [5.41, 5.74) is 7.14. The molecule has 0 saturated heterocycles. The fourth-order valence-electron chi connectivity index (χ4n) is 1.57. The van der Waals surface area contributed by atoms with Gasteiger partial charge < -0.3 is 5.73 Å². The van der Waals surface area contributed by atoms with E-state index in [-0.39, 0.29) is 5.91 Å². The Morgan fingerprint density at radius 1 is 1.37 bits per heavy atom. The van der Waals surface area contributed by atoms with Crippen molar-refractivity contribution in [1.29, 1.82) is 0 Å². The number of benzene rings is 1. The highest BCUT2D eigenvalue weighted by Crippen LogP contribution is 2.25. The predicted molar refractivity (Wildman–Crippen MR) is 78.5 cm³/mol. The van der Waals surface area contributed by atoms with Crippen molar-refractivity contribution < 1.29 is 4.79 Å². The zero-order chi connectivity index (χ0) is 13.8. The lowest BCUT2D eigenvalue weighted by molar-refractivity contribution is 0.102. The summed E-state index contributed by atoms with van der Waals surface area (Å²) in [6.07, 6.45) is 1.81. The molecule has 0 saturated carbocycles. The van der Waals surface area contributed by atoms with Crippen molar-refractivity contribution in [3.8, 4) is 0 Å². The van der Waals surface area contributed by atoms with Gasteiger partial charge in [-0.05, 0) is 23.6 Å². The molecule has 0 fully saturated rings. The fraction of sp³-hybridized carbons (Fsp3) is 0.286. The molecule has 5 heteroatoms. The van der Waals surface area contributed by atoms with E-state index >= 15 is 0 Å². The lowest BCUT2D eigenvalue weighted by Crippen LogP contribution is -2.11. The van der Waals surface area contributed by atoms with Gasteiger partial charge in [0.25, 0.3) is 5.91 Å². The van der Waals surface area contributed by atoms with Crippen LogP contribution < -0.4 is 11.1 Å². The van der Waals surface area contributed by atoms with Crippen LogP contribution in [0.1, 0.15) is 40.6 Å². The molecule has 0 atom stereocenters. The van der Waals surface area contributed by atoms with Crippen LogP contribution in [-0.4, -0.2) is 10.9 Å². The second kappa shape index (κ2) is 5.95. The highest BCUT2D eigenvalue weighted by Gasteiger charge is 2.10. The summed E-state index contributed by atoms with van der Waals surface area (Å²) in [5.74, 6) is 0.278. The van der Waals surface area contributed by atoms with Gasteiger partial charge in [0.15, 0.2) is 5.13 Å². The second-order valence-electron chi connectivity index (χ2n) is 4.58. The number of aromatic nitrogens is 1. The fourth-order valence-corrected chi connectivity index (χ4v) is 2.39. The van der Waals surface area contributed by atoms with Gasteiger partial charge in [0.1, 0.15) is 0 Å². The van der Waals surface area contributed by atoms with Crippen LogP contribution in [-0.2, 0) is 6.54 Å². The number of carbonyl (C=O) groups is 1. The Hall–Kier alpha value is -1.72. The van der Waals surface area contributed by atoms with E-state index in [4.69, 9.17) is 5.73 Å². The van der Waals surface area contributed by atoms with Gasteiger partial charge in [-0.1, -0.05) is 26.0 Å². The lowest BCUT2D eigenvalue weighted by Gasteiger charge is -2.03. The SMILES string of the molecule is CC(C)c1cnc(NC(=O)c2ccc(CN)cc2)s1. The molecule has 4 nitrogen and oxygen atoms in total. The van der Waals surface area contributed by atoms with E-state index in [1.54, 1.807) is 12.1 Å². The smallest absolute Gasteiger partial charge is 0.257 e. The van der Waals surface area contributed by atoms with Gasteiger partial charge in [0.2, 0.25) is 0 Å². The molecular formula is C14H17N3OS. The number of thiazole rings is 1. The maximum Gasteiger partial charge on any atom is 0.257 e. The number of rotatable bonds is 4. The molecule has 3 N–H and O–H groups in total. The summed E-state index contributed by atoms with van der Waals surface area (Å²) >= 11 is 1.51. The number of carbonyl (C=O) groups excluding carboxylic acids is 1. The van der Waals surface area contributed by atoms with Crippen molar-refractivity contribution in [2.24, 2.45) is 5.73 Å². The molecular weight excluding hydrogens is 258 g/mol. The monoisotopic (exact) mass is 275 g/mol. The minimum absolute atomic E-state index is 0.145. The molecule has 0 spiro atoms. The average Bonchev–Trinajstić information content (AvgIpc) is 2.87. The van der Waals surface area contributed by atoms with Crippen LogP contribution >= 0.6 is 11.3 Å². The van der Waals surface area contributed by atoms with E-state index in [1.165, 1.54) is 11.3 Å². The number of nitrogens with one attached hydrogen (secondary N) is 1. The third-order valence-corrected chi connectivity index (χ3v) is 3.98. The molecule has 2 rings (SSSR count). The van der Waals surface area contributed by atoms with Crippen molar-refractivity contribution in [3.05, 3.63) is 46.5 Å². The maximum atomic E-state index is 12.0. The number of anilines is 1.